The topological polar surface area (TPSA) is 71.8 Å². The molecule has 0 fully saturated rings. The van der Waals surface area contributed by atoms with Crippen LogP contribution in [0, 0.1) is 0 Å². The molecule has 2 heterocycles. The quantitative estimate of drug-likeness (QED) is 0.655. The van der Waals surface area contributed by atoms with Gasteiger partial charge in [-0.2, -0.15) is 0 Å². The first-order valence-corrected chi connectivity index (χ1v) is 9.57. The molecule has 2 amide bonds. The van der Waals surface area contributed by atoms with Gasteiger partial charge >= 0.3 is 0 Å². The molecule has 0 atom stereocenters. The van der Waals surface area contributed by atoms with Crippen LogP contribution in [-0.2, 0) is 23.1 Å². The van der Waals surface area contributed by atoms with Gasteiger partial charge < -0.3 is 14.4 Å². The number of aliphatic hydroxyl groups excluding tert-OH is 1. The third-order valence-electron chi connectivity index (χ3n) is 5.18. The number of amides is 2. The number of ether oxygens (including phenoxy) is 1. The molecule has 2 aromatic carbocycles. The molecule has 0 saturated carbocycles. The molecule has 148 valence electrons. The maximum Gasteiger partial charge on any atom is 0.296 e. The molecule has 0 spiro atoms. The van der Waals surface area contributed by atoms with Gasteiger partial charge in [0.1, 0.15) is 5.75 Å². The first-order chi connectivity index (χ1) is 14.0. The van der Waals surface area contributed by atoms with Crippen LogP contribution in [0.2, 0.25) is 0 Å². The van der Waals surface area contributed by atoms with Crippen LogP contribution >= 0.6 is 0 Å². The SMILES string of the molecule is CCOc1ccc(C2=C(O)C(=O)N(CCc3cn(C)c4ccccc34)C2=O)cc1. The number of aryl methyl sites for hydroxylation is 1. The number of nitrogens with zero attached hydrogens (tertiary/aromatic N) is 2. The molecule has 29 heavy (non-hydrogen) atoms. The molecule has 0 bridgehead atoms. The monoisotopic (exact) mass is 390 g/mol. The van der Waals surface area contributed by atoms with Crippen LogP contribution in [0.4, 0.5) is 0 Å². The lowest BCUT2D eigenvalue weighted by Gasteiger charge is -2.14. The number of aromatic nitrogens is 1. The second-order valence-corrected chi connectivity index (χ2v) is 6.98. The van der Waals surface area contributed by atoms with Crippen molar-refractivity contribution in [2.24, 2.45) is 7.05 Å². The fourth-order valence-electron chi connectivity index (χ4n) is 3.77. The highest BCUT2D eigenvalue weighted by molar-refractivity contribution is 6.34. The summed E-state index contributed by atoms with van der Waals surface area (Å²) in [5, 5.41) is 11.4. The normalized spacial score (nSPS) is 14.3. The Kier molecular flexibility index (Phi) is 4.84. The minimum absolute atomic E-state index is 0.0379. The summed E-state index contributed by atoms with van der Waals surface area (Å²) in [5.74, 6) is -0.964. The Balaban J connectivity index is 1.54. The summed E-state index contributed by atoms with van der Waals surface area (Å²) in [6, 6.07) is 14.8. The van der Waals surface area contributed by atoms with E-state index in [4.69, 9.17) is 4.74 Å². The average molecular weight is 390 g/mol. The van der Waals surface area contributed by atoms with Gasteiger partial charge in [0.25, 0.3) is 11.8 Å². The number of imide groups is 1. The number of rotatable bonds is 6. The van der Waals surface area contributed by atoms with Crippen molar-refractivity contribution in [2.75, 3.05) is 13.2 Å². The molecule has 1 N–H and O–H groups in total. The second-order valence-electron chi connectivity index (χ2n) is 6.98. The van der Waals surface area contributed by atoms with Crippen LogP contribution in [0.5, 0.6) is 5.75 Å². The number of hydrogen-bond acceptors (Lipinski definition) is 4. The molecule has 1 aromatic heterocycles. The number of fused-ring (bicyclic) bond motifs is 1. The van der Waals surface area contributed by atoms with Crippen LogP contribution in [0.3, 0.4) is 0 Å². The Morgan fingerprint density at radius 3 is 2.45 bits per heavy atom. The Hall–Kier alpha value is -3.54. The number of para-hydroxylation sites is 1. The Morgan fingerprint density at radius 1 is 1.00 bits per heavy atom. The van der Waals surface area contributed by atoms with Crippen LogP contribution in [0.1, 0.15) is 18.1 Å². The summed E-state index contributed by atoms with van der Waals surface area (Å²) in [7, 11) is 1.97. The number of aliphatic hydroxyl groups is 1. The van der Waals surface area contributed by atoms with E-state index in [1.807, 2.05) is 49.0 Å². The van der Waals surface area contributed by atoms with Gasteiger partial charge in [-0.3, -0.25) is 14.5 Å². The van der Waals surface area contributed by atoms with Crippen molar-refractivity contribution in [3.8, 4) is 5.75 Å². The summed E-state index contributed by atoms with van der Waals surface area (Å²) in [4.78, 5) is 26.5. The van der Waals surface area contributed by atoms with E-state index in [-0.39, 0.29) is 12.1 Å². The Bertz CT molecular complexity index is 1130. The second kappa shape index (κ2) is 7.47. The highest BCUT2D eigenvalue weighted by atomic mass is 16.5. The van der Waals surface area contributed by atoms with Crippen LogP contribution in [0.25, 0.3) is 16.5 Å². The van der Waals surface area contributed by atoms with Crippen molar-refractivity contribution >= 4 is 28.3 Å². The van der Waals surface area contributed by atoms with Crippen molar-refractivity contribution in [3.63, 3.8) is 0 Å². The maximum atomic E-state index is 12.9. The smallest absolute Gasteiger partial charge is 0.296 e. The minimum atomic E-state index is -0.654. The highest BCUT2D eigenvalue weighted by Crippen LogP contribution is 2.30. The number of benzene rings is 2. The summed E-state index contributed by atoms with van der Waals surface area (Å²) in [5.41, 5.74) is 2.68. The molecular weight excluding hydrogens is 368 g/mol. The van der Waals surface area contributed by atoms with Gasteiger partial charge in [-0.05, 0) is 42.7 Å². The Morgan fingerprint density at radius 2 is 1.72 bits per heavy atom. The van der Waals surface area contributed by atoms with Gasteiger partial charge in [-0.25, -0.2) is 0 Å². The molecule has 1 aliphatic heterocycles. The van der Waals surface area contributed by atoms with Crippen LogP contribution < -0.4 is 4.74 Å². The van der Waals surface area contributed by atoms with E-state index >= 15 is 0 Å². The third kappa shape index (κ3) is 3.27. The first kappa shape index (κ1) is 18.8. The third-order valence-corrected chi connectivity index (χ3v) is 5.18. The lowest BCUT2D eigenvalue weighted by atomic mass is 10.1. The van der Waals surface area contributed by atoms with Crippen LogP contribution in [0.15, 0.2) is 60.5 Å². The molecule has 4 rings (SSSR count). The maximum absolute atomic E-state index is 12.9. The molecule has 3 aromatic rings. The zero-order valence-corrected chi connectivity index (χ0v) is 16.4. The molecule has 6 nitrogen and oxygen atoms in total. The number of hydrogen-bond donors (Lipinski definition) is 1. The van der Waals surface area contributed by atoms with Crippen molar-refractivity contribution in [3.05, 3.63) is 71.6 Å². The standard InChI is InChI=1S/C23H22N2O4/c1-3-29-17-10-8-15(9-11-17)20-21(26)23(28)25(22(20)27)13-12-16-14-24(2)19-7-5-4-6-18(16)19/h4-11,14,26H,3,12-13H2,1-2H3. The van der Waals surface area contributed by atoms with E-state index in [0.717, 1.165) is 21.4 Å². The Labute approximate surface area is 168 Å². The fourth-order valence-corrected chi connectivity index (χ4v) is 3.77. The van der Waals surface area contributed by atoms with Crippen molar-refractivity contribution in [2.45, 2.75) is 13.3 Å². The van der Waals surface area contributed by atoms with Gasteiger partial charge in [0.2, 0.25) is 0 Å². The summed E-state index contributed by atoms with van der Waals surface area (Å²) >= 11 is 0. The first-order valence-electron chi connectivity index (χ1n) is 9.57. The predicted octanol–water partition coefficient (Wildman–Crippen LogP) is 3.46. The minimum Gasteiger partial charge on any atom is -0.502 e. The molecule has 0 saturated heterocycles. The molecule has 0 unspecified atom stereocenters. The van der Waals surface area contributed by atoms with Crippen molar-refractivity contribution in [1.82, 2.24) is 9.47 Å². The summed E-state index contributed by atoms with van der Waals surface area (Å²) in [6.07, 6.45) is 2.53. The lowest BCUT2D eigenvalue weighted by Crippen LogP contribution is -2.33. The summed E-state index contributed by atoms with van der Waals surface area (Å²) in [6.45, 7) is 2.62. The van der Waals surface area contributed by atoms with E-state index in [0.29, 0.717) is 24.3 Å². The van der Waals surface area contributed by atoms with Gasteiger partial charge in [0.05, 0.1) is 12.2 Å². The molecule has 0 aliphatic carbocycles. The van der Waals surface area contributed by atoms with Crippen molar-refractivity contribution < 1.29 is 19.4 Å². The van der Waals surface area contributed by atoms with E-state index in [9.17, 15) is 14.7 Å². The molecular formula is C23H22N2O4. The zero-order valence-electron chi connectivity index (χ0n) is 16.4. The molecule has 1 aliphatic rings. The van der Waals surface area contributed by atoms with E-state index in [1.165, 1.54) is 0 Å². The van der Waals surface area contributed by atoms with Gasteiger partial charge in [0.15, 0.2) is 5.76 Å². The predicted molar refractivity (Wildman–Crippen MR) is 111 cm³/mol. The van der Waals surface area contributed by atoms with Crippen LogP contribution in [-0.4, -0.2) is 39.5 Å². The van der Waals surface area contributed by atoms with Crippen molar-refractivity contribution in [1.29, 1.82) is 0 Å². The largest absolute Gasteiger partial charge is 0.502 e. The van der Waals surface area contributed by atoms with E-state index < -0.39 is 17.6 Å². The zero-order chi connectivity index (χ0) is 20.5. The lowest BCUT2D eigenvalue weighted by molar-refractivity contribution is -0.138. The highest BCUT2D eigenvalue weighted by Gasteiger charge is 2.38. The number of carbonyl (C=O) groups excluding carboxylic acids is 2. The van der Waals surface area contributed by atoms with E-state index in [1.54, 1.807) is 24.3 Å². The molecule has 0 radical (unpaired) electrons. The van der Waals surface area contributed by atoms with E-state index in [2.05, 4.69) is 0 Å². The fraction of sp³-hybridized carbons (Fsp3) is 0.217. The summed E-state index contributed by atoms with van der Waals surface area (Å²) < 4.78 is 7.43. The van der Waals surface area contributed by atoms with Gasteiger partial charge in [0, 0.05) is 30.7 Å². The molecule has 6 heteroatoms. The van der Waals surface area contributed by atoms with Gasteiger partial charge in [-0.1, -0.05) is 30.3 Å². The van der Waals surface area contributed by atoms with Gasteiger partial charge in [-0.15, -0.1) is 0 Å². The average Bonchev–Trinajstić information content (AvgIpc) is 3.15. The number of carbonyl (C=O) groups is 2.